The van der Waals surface area contributed by atoms with E-state index in [9.17, 15) is 0 Å². The van der Waals surface area contributed by atoms with Crippen molar-refractivity contribution in [3.63, 3.8) is 0 Å². The summed E-state index contributed by atoms with van der Waals surface area (Å²) in [6, 6.07) is 19.2. The third-order valence-electron chi connectivity index (χ3n) is 3.66. The largest absolute Gasteiger partial charge is 0.309 e. The Bertz CT molecular complexity index is 729. The number of nitrogens with zero attached hydrogens (tertiary/aromatic N) is 1. The van der Waals surface area contributed by atoms with E-state index in [0.29, 0.717) is 0 Å². The monoisotopic (exact) mass is 262 g/mol. The van der Waals surface area contributed by atoms with Crippen molar-refractivity contribution in [2.45, 2.75) is 13.0 Å². The van der Waals surface area contributed by atoms with Gasteiger partial charge in [0.15, 0.2) is 0 Å². The average molecular weight is 262 g/mol. The minimum Gasteiger partial charge on any atom is -0.309 e. The summed E-state index contributed by atoms with van der Waals surface area (Å²) in [6.07, 6.45) is 1.89. The standard InChI is InChI=1S/C18H18N2/c1-13-6-5-7-14(12-13)18(19-2)16-10-11-20-17-9-4-3-8-15(16)17/h3-12,18-19H,1-2H3. The molecule has 1 atom stereocenters. The van der Waals surface area contributed by atoms with E-state index < -0.39 is 0 Å². The highest BCUT2D eigenvalue weighted by Gasteiger charge is 2.14. The number of hydrogen-bond acceptors (Lipinski definition) is 2. The van der Waals surface area contributed by atoms with Crippen LogP contribution in [0.3, 0.4) is 0 Å². The molecule has 0 aliphatic rings. The molecule has 1 heterocycles. The van der Waals surface area contributed by atoms with Gasteiger partial charge >= 0.3 is 0 Å². The first-order valence-electron chi connectivity index (χ1n) is 6.87. The molecule has 1 aromatic heterocycles. The highest BCUT2D eigenvalue weighted by Crippen LogP contribution is 2.28. The maximum absolute atomic E-state index is 4.44. The SMILES string of the molecule is CNC(c1cccc(C)c1)c1ccnc2ccccc12. The molecule has 20 heavy (non-hydrogen) atoms. The van der Waals surface area contributed by atoms with Crippen LogP contribution in [0.4, 0.5) is 0 Å². The average Bonchev–Trinajstić information content (AvgIpc) is 2.48. The van der Waals surface area contributed by atoms with Crippen LogP contribution < -0.4 is 5.32 Å². The van der Waals surface area contributed by atoms with Crippen LogP contribution in [-0.4, -0.2) is 12.0 Å². The number of aryl methyl sites for hydroxylation is 1. The number of nitrogens with one attached hydrogen (secondary N) is 1. The zero-order chi connectivity index (χ0) is 13.9. The van der Waals surface area contributed by atoms with Crippen molar-refractivity contribution in [2.75, 3.05) is 7.05 Å². The third kappa shape index (κ3) is 2.30. The van der Waals surface area contributed by atoms with Crippen LogP contribution in [0.25, 0.3) is 10.9 Å². The molecule has 1 unspecified atom stereocenters. The molecule has 0 saturated heterocycles. The van der Waals surface area contributed by atoms with Gasteiger partial charge in [0.05, 0.1) is 11.6 Å². The van der Waals surface area contributed by atoms with E-state index in [1.165, 1.54) is 22.1 Å². The second-order valence-corrected chi connectivity index (χ2v) is 5.05. The highest BCUT2D eigenvalue weighted by molar-refractivity contribution is 5.82. The Morgan fingerprint density at radius 2 is 1.85 bits per heavy atom. The quantitative estimate of drug-likeness (QED) is 0.775. The van der Waals surface area contributed by atoms with Gasteiger partial charge in [0, 0.05) is 11.6 Å². The number of hydrogen-bond donors (Lipinski definition) is 1. The summed E-state index contributed by atoms with van der Waals surface area (Å²) in [7, 11) is 2.00. The summed E-state index contributed by atoms with van der Waals surface area (Å²) in [5.74, 6) is 0. The fourth-order valence-electron chi connectivity index (χ4n) is 2.72. The molecule has 0 fully saturated rings. The maximum atomic E-state index is 4.44. The molecule has 1 N–H and O–H groups in total. The molecular weight excluding hydrogens is 244 g/mol. The maximum Gasteiger partial charge on any atom is 0.0705 e. The van der Waals surface area contributed by atoms with Gasteiger partial charge in [-0.3, -0.25) is 4.98 Å². The van der Waals surface area contributed by atoms with Crippen LogP contribution in [0.5, 0.6) is 0 Å². The van der Waals surface area contributed by atoms with E-state index in [1.54, 1.807) is 0 Å². The molecule has 0 aliphatic carbocycles. The van der Waals surface area contributed by atoms with Crippen molar-refractivity contribution in [2.24, 2.45) is 0 Å². The molecule has 0 bridgehead atoms. The van der Waals surface area contributed by atoms with Gasteiger partial charge in [-0.2, -0.15) is 0 Å². The van der Waals surface area contributed by atoms with Crippen LogP contribution in [0.1, 0.15) is 22.7 Å². The predicted molar refractivity (Wildman–Crippen MR) is 83.8 cm³/mol. The third-order valence-corrected chi connectivity index (χ3v) is 3.66. The van der Waals surface area contributed by atoms with E-state index in [1.807, 2.05) is 19.3 Å². The Morgan fingerprint density at radius 1 is 1.00 bits per heavy atom. The number of aromatic nitrogens is 1. The van der Waals surface area contributed by atoms with E-state index in [2.05, 4.69) is 65.8 Å². The second kappa shape index (κ2) is 5.43. The van der Waals surface area contributed by atoms with E-state index in [4.69, 9.17) is 0 Å². The summed E-state index contributed by atoms with van der Waals surface area (Å²) < 4.78 is 0. The van der Waals surface area contributed by atoms with Gasteiger partial charge in [-0.05, 0) is 37.2 Å². The highest BCUT2D eigenvalue weighted by atomic mass is 14.9. The normalized spacial score (nSPS) is 12.5. The fourth-order valence-corrected chi connectivity index (χ4v) is 2.72. The summed E-state index contributed by atoms with van der Waals surface area (Å²) in [5, 5.41) is 4.63. The first-order valence-corrected chi connectivity index (χ1v) is 6.87. The number of pyridine rings is 1. The van der Waals surface area contributed by atoms with Crippen molar-refractivity contribution < 1.29 is 0 Å². The predicted octanol–water partition coefficient (Wildman–Crippen LogP) is 3.85. The lowest BCUT2D eigenvalue weighted by Gasteiger charge is -2.19. The minimum atomic E-state index is 0.183. The summed E-state index contributed by atoms with van der Waals surface area (Å²) in [6.45, 7) is 2.13. The topological polar surface area (TPSA) is 24.9 Å². The summed E-state index contributed by atoms with van der Waals surface area (Å²) in [4.78, 5) is 4.44. The number of benzene rings is 2. The van der Waals surface area contributed by atoms with Gasteiger partial charge in [-0.25, -0.2) is 0 Å². The van der Waals surface area contributed by atoms with E-state index in [-0.39, 0.29) is 6.04 Å². The Hall–Kier alpha value is -2.19. The molecule has 3 aromatic rings. The Kier molecular flexibility index (Phi) is 3.48. The number of fused-ring (bicyclic) bond motifs is 1. The van der Waals surface area contributed by atoms with Crippen molar-refractivity contribution in [1.29, 1.82) is 0 Å². The second-order valence-electron chi connectivity index (χ2n) is 5.05. The van der Waals surface area contributed by atoms with Crippen LogP contribution in [0.2, 0.25) is 0 Å². The molecule has 0 amide bonds. The van der Waals surface area contributed by atoms with Crippen LogP contribution in [0, 0.1) is 6.92 Å². The zero-order valence-electron chi connectivity index (χ0n) is 11.8. The lowest BCUT2D eigenvalue weighted by atomic mass is 9.95. The number of para-hydroxylation sites is 1. The van der Waals surface area contributed by atoms with E-state index in [0.717, 1.165) is 5.52 Å². The van der Waals surface area contributed by atoms with E-state index >= 15 is 0 Å². The molecule has 0 radical (unpaired) electrons. The Morgan fingerprint density at radius 3 is 2.65 bits per heavy atom. The van der Waals surface area contributed by atoms with Crippen LogP contribution in [0.15, 0.2) is 60.8 Å². The van der Waals surface area contributed by atoms with Crippen LogP contribution in [-0.2, 0) is 0 Å². The molecular formula is C18H18N2. The molecule has 3 rings (SSSR count). The van der Waals surface area contributed by atoms with Crippen molar-refractivity contribution in [1.82, 2.24) is 10.3 Å². The zero-order valence-corrected chi connectivity index (χ0v) is 11.8. The van der Waals surface area contributed by atoms with Crippen molar-refractivity contribution in [3.8, 4) is 0 Å². The molecule has 100 valence electrons. The molecule has 2 aromatic carbocycles. The van der Waals surface area contributed by atoms with Crippen molar-refractivity contribution >= 4 is 10.9 Å². The smallest absolute Gasteiger partial charge is 0.0705 e. The molecule has 0 aliphatic heterocycles. The number of rotatable bonds is 3. The minimum absolute atomic E-state index is 0.183. The van der Waals surface area contributed by atoms with Gasteiger partial charge in [0.1, 0.15) is 0 Å². The summed E-state index contributed by atoms with van der Waals surface area (Å²) in [5.41, 5.74) is 4.87. The van der Waals surface area contributed by atoms with Gasteiger partial charge in [0.25, 0.3) is 0 Å². The molecule has 2 heteroatoms. The van der Waals surface area contributed by atoms with Crippen molar-refractivity contribution in [3.05, 3.63) is 77.5 Å². The Balaban J connectivity index is 2.17. The molecule has 2 nitrogen and oxygen atoms in total. The van der Waals surface area contributed by atoms with Gasteiger partial charge in [-0.15, -0.1) is 0 Å². The van der Waals surface area contributed by atoms with Gasteiger partial charge in [0.2, 0.25) is 0 Å². The summed E-state index contributed by atoms with van der Waals surface area (Å²) >= 11 is 0. The van der Waals surface area contributed by atoms with Gasteiger partial charge in [-0.1, -0.05) is 48.0 Å². The van der Waals surface area contributed by atoms with Crippen LogP contribution >= 0.6 is 0 Å². The fraction of sp³-hybridized carbons (Fsp3) is 0.167. The Labute approximate surface area is 119 Å². The lowest BCUT2D eigenvalue weighted by Crippen LogP contribution is -2.18. The van der Waals surface area contributed by atoms with Gasteiger partial charge < -0.3 is 5.32 Å². The lowest BCUT2D eigenvalue weighted by molar-refractivity contribution is 0.695. The molecule has 0 saturated carbocycles. The first-order chi connectivity index (χ1) is 9.79. The first kappa shape index (κ1) is 12.8. The molecule has 0 spiro atoms.